The Morgan fingerprint density at radius 2 is 1.62 bits per heavy atom. The van der Waals surface area contributed by atoms with E-state index in [1.807, 2.05) is 25.1 Å². The molecular weight excluding hydrogens is 540 g/mol. The van der Waals surface area contributed by atoms with Crippen LogP contribution in [-0.2, 0) is 22.9 Å². The van der Waals surface area contributed by atoms with E-state index in [2.05, 4.69) is 68.8 Å². The largest absolute Gasteiger partial charge is 0.369 e. The second-order valence-electron chi connectivity index (χ2n) is 11.0. The lowest BCUT2D eigenvalue weighted by Gasteiger charge is -2.39. The Hall–Kier alpha value is -2.58. The molecule has 40 heavy (non-hydrogen) atoms. The van der Waals surface area contributed by atoms with Crippen molar-refractivity contribution in [1.29, 1.82) is 0 Å². The van der Waals surface area contributed by atoms with E-state index in [1.165, 1.54) is 16.8 Å². The number of halogens is 1. The minimum absolute atomic E-state index is 0. The number of hydrogen-bond acceptors (Lipinski definition) is 5. The van der Waals surface area contributed by atoms with Gasteiger partial charge in [-0.15, -0.1) is 12.4 Å². The molecule has 1 aliphatic carbocycles. The summed E-state index contributed by atoms with van der Waals surface area (Å²) in [6, 6.07) is 24.3. The topological polar surface area (TPSA) is 55.9 Å². The standard InChI is InChI=1S/C32H42N4O2S.ClH/c1-3-17-35(21-18-34-19-22-36(23-20-34)30-7-5-4-6-8-30)31-14-12-27-11-13-29(24-28(27)25-31)33-39(37,38)32-15-9-26(2)10-16-32;/h4-11,13,15-16,24,31,33H,3,12,14,17-23,25H2,1-2H3;1H. The number of anilines is 2. The number of hydrogen-bond donors (Lipinski definition) is 1. The molecule has 2 aliphatic rings. The van der Waals surface area contributed by atoms with Gasteiger partial charge in [-0.1, -0.05) is 48.9 Å². The van der Waals surface area contributed by atoms with Crippen molar-refractivity contribution < 1.29 is 8.42 Å². The number of nitrogens with zero attached hydrogens (tertiary/aromatic N) is 3. The zero-order valence-electron chi connectivity index (χ0n) is 23.8. The summed E-state index contributed by atoms with van der Waals surface area (Å²) in [4.78, 5) is 8.07. The minimum atomic E-state index is -3.61. The summed E-state index contributed by atoms with van der Waals surface area (Å²) in [5, 5.41) is 0. The van der Waals surface area contributed by atoms with E-state index in [1.54, 1.807) is 12.1 Å². The molecular formula is C32H43ClN4O2S. The van der Waals surface area contributed by atoms with Gasteiger partial charge in [-0.05, 0) is 86.7 Å². The second kappa shape index (κ2) is 13.9. The zero-order valence-corrected chi connectivity index (χ0v) is 25.4. The average molecular weight is 583 g/mol. The van der Waals surface area contributed by atoms with Crippen LogP contribution in [0, 0.1) is 6.92 Å². The van der Waals surface area contributed by atoms with Crippen molar-refractivity contribution >= 4 is 33.8 Å². The summed E-state index contributed by atoms with van der Waals surface area (Å²) in [7, 11) is -3.61. The molecule has 0 bridgehead atoms. The molecule has 5 rings (SSSR count). The molecule has 0 amide bonds. The van der Waals surface area contributed by atoms with E-state index in [4.69, 9.17) is 0 Å². The average Bonchev–Trinajstić information content (AvgIpc) is 2.95. The Kier molecular flexibility index (Phi) is 10.5. The number of aryl methyl sites for hydroxylation is 2. The number of piperazine rings is 1. The van der Waals surface area contributed by atoms with E-state index in [9.17, 15) is 8.42 Å². The Balaban J connectivity index is 0.00000370. The third kappa shape index (κ3) is 7.58. The van der Waals surface area contributed by atoms with Gasteiger partial charge in [0.15, 0.2) is 0 Å². The third-order valence-electron chi connectivity index (χ3n) is 8.22. The lowest BCUT2D eigenvalue weighted by Crippen LogP contribution is -2.50. The maximum Gasteiger partial charge on any atom is 0.261 e. The van der Waals surface area contributed by atoms with Gasteiger partial charge in [0.05, 0.1) is 4.90 Å². The van der Waals surface area contributed by atoms with E-state index in [0.717, 1.165) is 77.1 Å². The first-order chi connectivity index (χ1) is 18.9. The predicted octanol–water partition coefficient (Wildman–Crippen LogP) is 5.61. The lowest BCUT2D eigenvalue weighted by atomic mass is 9.87. The van der Waals surface area contributed by atoms with Crippen LogP contribution in [0.25, 0.3) is 0 Å². The highest BCUT2D eigenvalue weighted by Gasteiger charge is 2.26. The molecule has 1 unspecified atom stereocenters. The summed E-state index contributed by atoms with van der Waals surface area (Å²) < 4.78 is 28.7. The van der Waals surface area contributed by atoms with E-state index < -0.39 is 10.0 Å². The van der Waals surface area contributed by atoms with E-state index in [0.29, 0.717) is 16.6 Å². The molecule has 1 aliphatic heterocycles. The second-order valence-corrected chi connectivity index (χ2v) is 12.7. The SMILES string of the molecule is CCCN(CCN1CCN(c2ccccc2)CC1)C1CCc2ccc(NS(=O)(=O)c3ccc(C)cc3)cc2C1.Cl. The van der Waals surface area contributed by atoms with E-state index >= 15 is 0 Å². The number of sulfonamides is 1. The number of benzene rings is 3. The van der Waals surface area contributed by atoms with Crippen molar-refractivity contribution in [3.8, 4) is 0 Å². The summed E-state index contributed by atoms with van der Waals surface area (Å²) in [6.45, 7) is 11.9. The number of fused-ring (bicyclic) bond motifs is 1. The predicted molar refractivity (Wildman–Crippen MR) is 168 cm³/mol. The van der Waals surface area contributed by atoms with Crippen LogP contribution >= 0.6 is 12.4 Å². The van der Waals surface area contributed by atoms with Crippen LogP contribution in [-0.4, -0.2) is 70.1 Å². The zero-order chi connectivity index (χ0) is 27.2. The summed E-state index contributed by atoms with van der Waals surface area (Å²) in [6.07, 6.45) is 4.31. The smallest absolute Gasteiger partial charge is 0.261 e. The first-order valence-electron chi connectivity index (χ1n) is 14.4. The van der Waals surface area contributed by atoms with Crippen LogP contribution in [0.15, 0.2) is 77.7 Å². The van der Waals surface area contributed by atoms with Crippen molar-refractivity contribution in [3.63, 3.8) is 0 Å². The molecule has 1 atom stereocenters. The lowest BCUT2D eigenvalue weighted by molar-refractivity contribution is 0.145. The van der Waals surface area contributed by atoms with Crippen LogP contribution in [0.4, 0.5) is 11.4 Å². The molecule has 8 heteroatoms. The fourth-order valence-corrected chi connectivity index (χ4v) is 7.00. The summed E-state index contributed by atoms with van der Waals surface area (Å²) in [5.41, 5.74) is 5.63. The van der Waals surface area contributed by atoms with Crippen LogP contribution < -0.4 is 9.62 Å². The van der Waals surface area contributed by atoms with Gasteiger partial charge < -0.3 is 4.90 Å². The van der Waals surface area contributed by atoms with Gasteiger partial charge in [0.25, 0.3) is 10.0 Å². The molecule has 1 fully saturated rings. The molecule has 0 saturated carbocycles. The monoisotopic (exact) mass is 582 g/mol. The number of nitrogens with one attached hydrogen (secondary N) is 1. The van der Waals surface area contributed by atoms with Gasteiger partial charge >= 0.3 is 0 Å². The highest BCUT2D eigenvalue weighted by Crippen LogP contribution is 2.28. The van der Waals surface area contributed by atoms with Crippen LogP contribution in [0.5, 0.6) is 0 Å². The number of para-hydroxylation sites is 1. The fourth-order valence-electron chi connectivity index (χ4n) is 5.95. The molecule has 3 aromatic carbocycles. The minimum Gasteiger partial charge on any atom is -0.369 e. The van der Waals surface area contributed by atoms with Gasteiger partial charge in [-0.2, -0.15) is 0 Å². The molecule has 0 aromatic heterocycles. The van der Waals surface area contributed by atoms with Crippen molar-refractivity contribution in [3.05, 3.63) is 89.5 Å². The normalized spacial score (nSPS) is 17.8. The first-order valence-corrected chi connectivity index (χ1v) is 15.9. The Morgan fingerprint density at radius 1 is 0.900 bits per heavy atom. The van der Waals surface area contributed by atoms with Gasteiger partial charge in [0, 0.05) is 56.7 Å². The maximum atomic E-state index is 12.9. The highest BCUT2D eigenvalue weighted by atomic mass is 35.5. The first kappa shape index (κ1) is 30.4. The maximum absolute atomic E-state index is 12.9. The van der Waals surface area contributed by atoms with Crippen molar-refractivity contribution in [2.24, 2.45) is 0 Å². The van der Waals surface area contributed by atoms with Gasteiger partial charge in [0.1, 0.15) is 0 Å². The molecule has 216 valence electrons. The molecule has 1 heterocycles. The van der Waals surface area contributed by atoms with Gasteiger partial charge in [-0.3, -0.25) is 14.5 Å². The van der Waals surface area contributed by atoms with E-state index in [-0.39, 0.29) is 12.4 Å². The third-order valence-corrected chi connectivity index (χ3v) is 9.61. The summed E-state index contributed by atoms with van der Waals surface area (Å²) in [5.74, 6) is 0. The Morgan fingerprint density at radius 3 is 2.33 bits per heavy atom. The van der Waals surface area contributed by atoms with Gasteiger partial charge in [0.2, 0.25) is 0 Å². The highest BCUT2D eigenvalue weighted by molar-refractivity contribution is 7.92. The molecule has 6 nitrogen and oxygen atoms in total. The van der Waals surface area contributed by atoms with Crippen LogP contribution in [0.2, 0.25) is 0 Å². The number of rotatable bonds is 10. The molecule has 0 radical (unpaired) electrons. The van der Waals surface area contributed by atoms with Crippen LogP contribution in [0.1, 0.15) is 36.5 Å². The van der Waals surface area contributed by atoms with Crippen molar-refractivity contribution in [1.82, 2.24) is 9.80 Å². The van der Waals surface area contributed by atoms with Crippen molar-refractivity contribution in [2.75, 3.05) is 55.4 Å². The molecule has 3 aromatic rings. The summed E-state index contributed by atoms with van der Waals surface area (Å²) >= 11 is 0. The Labute approximate surface area is 246 Å². The fraction of sp³-hybridized carbons (Fsp3) is 0.438. The van der Waals surface area contributed by atoms with Crippen molar-refractivity contribution in [2.45, 2.75) is 50.5 Å². The Bertz CT molecular complexity index is 1330. The molecule has 0 spiro atoms. The molecule has 1 saturated heterocycles. The molecule has 1 N–H and O–H groups in total. The van der Waals surface area contributed by atoms with Gasteiger partial charge in [-0.25, -0.2) is 8.42 Å². The van der Waals surface area contributed by atoms with Crippen LogP contribution in [0.3, 0.4) is 0 Å². The quantitative estimate of drug-likeness (QED) is 0.337.